The minimum absolute atomic E-state index is 0.0892. The molecule has 0 unspecified atom stereocenters. The van der Waals surface area contributed by atoms with E-state index in [2.05, 4.69) is 10.1 Å². The van der Waals surface area contributed by atoms with E-state index in [-0.39, 0.29) is 18.2 Å². The van der Waals surface area contributed by atoms with Crippen molar-refractivity contribution >= 4 is 17.2 Å². The number of piperidine rings is 1. The fourth-order valence-electron chi connectivity index (χ4n) is 3.38. The molecule has 0 aliphatic carbocycles. The van der Waals surface area contributed by atoms with Crippen LogP contribution < -0.4 is 0 Å². The maximum absolute atomic E-state index is 12.6. The molecule has 1 saturated heterocycles. The number of thiophene rings is 1. The van der Waals surface area contributed by atoms with E-state index in [1.807, 2.05) is 17.5 Å². The molecule has 1 aromatic carbocycles. The third kappa shape index (κ3) is 4.50. The van der Waals surface area contributed by atoms with E-state index in [4.69, 9.17) is 4.52 Å². The number of nitrogens with zero attached hydrogens (tertiary/aromatic N) is 3. The minimum atomic E-state index is -4.37. The maximum Gasteiger partial charge on any atom is 0.416 e. The summed E-state index contributed by atoms with van der Waals surface area (Å²) < 4.78 is 43.3. The summed E-state index contributed by atoms with van der Waals surface area (Å²) in [4.78, 5) is 19.7. The van der Waals surface area contributed by atoms with Gasteiger partial charge in [0.1, 0.15) is 0 Å². The molecule has 0 bridgehead atoms. The first kappa shape index (κ1) is 19.6. The highest BCUT2D eigenvalue weighted by Gasteiger charge is 2.30. The lowest BCUT2D eigenvalue weighted by molar-refractivity contribution is -0.137. The quantitative estimate of drug-likeness (QED) is 0.609. The highest BCUT2D eigenvalue weighted by atomic mass is 32.1. The second-order valence-electron chi connectivity index (χ2n) is 6.96. The van der Waals surface area contributed by atoms with E-state index >= 15 is 0 Å². The zero-order valence-corrected chi connectivity index (χ0v) is 16.2. The second-order valence-corrected chi connectivity index (χ2v) is 7.91. The average molecular weight is 421 g/mol. The smallest absolute Gasteiger partial charge is 0.342 e. The van der Waals surface area contributed by atoms with Crippen molar-refractivity contribution in [3.63, 3.8) is 0 Å². The number of hydrogen-bond donors (Lipinski definition) is 0. The van der Waals surface area contributed by atoms with Gasteiger partial charge in [-0.2, -0.15) is 18.2 Å². The Labute approximate surface area is 169 Å². The number of carbonyl (C=O) groups is 1. The molecule has 4 rings (SSSR count). The summed E-state index contributed by atoms with van der Waals surface area (Å²) >= 11 is 1.54. The van der Waals surface area contributed by atoms with Crippen LogP contribution in [0.2, 0.25) is 0 Å². The van der Waals surface area contributed by atoms with Gasteiger partial charge in [0.25, 0.3) is 0 Å². The van der Waals surface area contributed by atoms with Crippen molar-refractivity contribution in [2.24, 2.45) is 0 Å². The summed E-state index contributed by atoms with van der Waals surface area (Å²) in [5.74, 6) is 1.18. The van der Waals surface area contributed by atoms with Crippen LogP contribution in [0, 0.1) is 0 Å². The molecule has 0 radical (unpaired) electrons. The van der Waals surface area contributed by atoms with Gasteiger partial charge in [-0.25, -0.2) is 0 Å². The van der Waals surface area contributed by atoms with Gasteiger partial charge < -0.3 is 9.42 Å². The van der Waals surface area contributed by atoms with Gasteiger partial charge in [0.05, 0.1) is 16.9 Å². The van der Waals surface area contributed by atoms with Gasteiger partial charge in [0.2, 0.25) is 17.6 Å². The molecule has 0 saturated carbocycles. The Bertz CT molecular complexity index is 960. The molecule has 29 heavy (non-hydrogen) atoms. The van der Waals surface area contributed by atoms with Crippen LogP contribution in [0.3, 0.4) is 0 Å². The van der Waals surface area contributed by atoms with Crippen LogP contribution in [0.15, 0.2) is 46.3 Å². The number of alkyl halides is 3. The zero-order chi connectivity index (χ0) is 20.4. The molecule has 9 heteroatoms. The lowest BCUT2D eigenvalue weighted by atomic mass is 9.96. The Morgan fingerprint density at radius 3 is 2.52 bits per heavy atom. The van der Waals surface area contributed by atoms with Gasteiger partial charge in [-0.1, -0.05) is 23.4 Å². The van der Waals surface area contributed by atoms with E-state index in [9.17, 15) is 18.0 Å². The molecule has 0 atom stereocenters. The van der Waals surface area contributed by atoms with E-state index in [1.54, 1.807) is 16.2 Å². The average Bonchev–Trinajstić information content (AvgIpc) is 3.39. The molecule has 3 heterocycles. The Hall–Kier alpha value is -2.68. The Kier molecular flexibility index (Phi) is 5.40. The van der Waals surface area contributed by atoms with E-state index in [0.717, 1.165) is 17.0 Å². The summed E-state index contributed by atoms with van der Waals surface area (Å²) in [6, 6.07) is 8.60. The summed E-state index contributed by atoms with van der Waals surface area (Å²) in [6.07, 6.45) is -2.86. The van der Waals surface area contributed by atoms with Crippen LogP contribution in [0.25, 0.3) is 10.7 Å². The maximum atomic E-state index is 12.6. The molecule has 152 valence electrons. The molecule has 2 aromatic heterocycles. The molecular weight excluding hydrogens is 403 g/mol. The van der Waals surface area contributed by atoms with Gasteiger partial charge in [-0.15, -0.1) is 11.3 Å². The molecule has 5 nitrogen and oxygen atoms in total. The van der Waals surface area contributed by atoms with Crippen LogP contribution in [-0.2, 0) is 17.4 Å². The molecule has 1 fully saturated rings. The monoisotopic (exact) mass is 421 g/mol. The van der Waals surface area contributed by atoms with Gasteiger partial charge in [-0.3, -0.25) is 4.79 Å². The topological polar surface area (TPSA) is 59.2 Å². The van der Waals surface area contributed by atoms with Gasteiger partial charge in [0, 0.05) is 19.0 Å². The first-order valence-corrected chi connectivity index (χ1v) is 10.1. The van der Waals surface area contributed by atoms with Crippen molar-refractivity contribution in [2.45, 2.75) is 31.4 Å². The third-order valence-corrected chi connectivity index (χ3v) is 5.88. The number of amides is 1. The second kappa shape index (κ2) is 7.98. The molecule has 1 amide bonds. The van der Waals surface area contributed by atoms with Gasteiger partial charge in [-0.05, 0) is 42.0 Å². The fourth-order valence-corrected chi connectivity index (χ4v) is 4.03. The fraction of sp³-hybridized carbons (Fsp3) is 0.350. The molecule has 0 N–H and O–H groups in total. The molecular formula is C20H18F3N3O2S. The van der Waals surface area contributed by atoms with Crippen LogP contribution in [0.1, 0.15) is 35.8 Å². The molecule has 0 spiro atoms. The Morgan fingerprint density at radius 1 is 1.17 bits per heavy atom. The van der Waals surface area contributed by atoms with E-state index in [1.165, 1.54) is 12.1 Å². The predicted octanol–water partition coefficient (Wildman–Crippen LogP) is 4.77. The number of benzene rings is 1. The highest BCUT2D eigenvalue weighted by molar-refractivity contribution is 7.13. The minimum Gasteiger partial charge on any atom is -0.342 e. The largest absolute Gasteiger partial charge is 0.416 e. The first-order valence-electron chi connectivity index (χ1n) is 9.21. The van der Waals surface area contributed by atoms with Gasteiger partial charge in [0.15, 0.2) is 0 Å². The lowest BCUT2D eigenvalue weighted by Crippen LogP contribution is -2.38. The van der Waals surface area contributed by atoms with Crippen molar-refractivity contribution < 1.29 is 22.5 Å². The van der Waals surface area contributed by atoms with Crippen molar-refractivity contribution in [3.05, 3.63) is 58.8 Å². The summed E-state index contributed by atoms with van der Waals surface area (Å²) in [6.45, 7) is 1.11. The van der Waals surface area contributed by atoms with Crippen LogP contribution in [0.4, 0.5) is 13.2 Å². The SMILES string of the molecule is O=C(Cc1ccc(C(F)(F)F)cc1)N1CCC(c2nc(-c3cccs3)no2)CC1. The van der Waals surface area contributed by atoms with Gasteiger partial charge >= 0.3 is 6.18 Å². The summed E-state index contributed by atoms with van der Waals surface area (Å²) in [7, 11) is 0. The molecule has 1 aliphatic heterocycles. The zero-order valence-electron chi connectivity index (χ0n) is 15.4. The number of carbonyl (C=O) groups excluding carboxylic acids is 1. The number of halogens is 3. The van der Waals surface area contributed by atoms with Crippen LogP contribution >= 0.6 is 11.3 Å². The third-order valence-electron chi connectivity index (χ3n) is 5.02. The molecule has 1 aliphatic rings. The van der Waals surface area contributed by atoms with Crippen molar-refractivity contribution in [3.8, 4) is 10.7 Å². The summed E-state index contributed by atoms with van der Waals surface area (Å²) in [5, 5.41) is 5.98. The number of likely N-dealkylation sites (tertiary alicyclic amines) is 1. The van der Waals surface area contributed by atoms with E-state index in [0.29, 0.717) is 43.2 Å². The molecule has 3 aromatic rings. The number of aromatic nitrogens is 2. The normalized spacial score (nSPS) is 15.6. The van der Waals surface area contributed by atoms with E-state index < -0.39 is 11.7 Å². The van der Waals surface area contributed by atoms with Crippen LogP contribution in [-0.4, -0.2) is 34.0 Å². The number of hydrogen-bond acceptors (Lipinski definition) is 5. The van der Waals surface area contributed by atoms with Crippen molar-refractivity contribution in [1.29, 1.82) is 0 Å². The highest BCUT2D eigenvalue weighted by Crippen LogP contribution is 2.31. The predicted molar refractivity (Wildman–Crippen MR) is 101 cm³/mol. The standard InChI is InChI=1S/C20H18F3N3O2S/c21-20(22,23)15-5-3-13(4-6-15)12-17(27)26-9-7-14(8-10-26)19-24-18(25-28-19)16-2-1-11-29-16/h1-6,11,14H,7-10,12H2. The van der Waals surface area contributed by atoms with Crippen LogP contribution in [0.5, 0.6) is 0 Å². The lowest BCUT2D eigenvalue weighted by Gasteiger charge is -2.30. The number of rotatable bonds is 4. The summed E-state index contributed by atoms with van der Waals surface area (Å²) in [5.41, 5.74) is -0.140. The first-order chi connectivity index (χ1) is 13.9. The van der Waals surface area contributed by atoms with Crippen molar-refractivity contribution in [2.75, 3.05) is 13.1 Å². The Morgan fingerprint density at radius 2 is 1.90 bits per heavy atom. The van der Waals surface area contributed by atoms with Crippen molar-refractivity contribution in [1.82, 2.24) is 15.0 Å². The Balaban J connectivity index is 1.32.